The number of anilines is 3. The number of rotatable bonds is 5. The van der Waals surface area contributed by atoms with E-state index in [1.165, 1.54) is 5.56 Å². The van der Waals surface area contributed by atoms with E-state index in [2.05, 4.69) is 141 Å². The largest absolute Gasteiger partial charge is 0.506 e. The highest BCUT2D eigenvalue weighted by Gasteiger charge is 2.21. The van der Waals surface area contributed by atoms with Gasteiger partial charge in [0, 0.05) is 97.9 Å². The van der Waals surface area contributed by atoms with Crippen LogP contribution in [0.2, 0.25) is 0 Å². The van der Waals surface area contributed by atoms with Crippen LogP contribution in [-0.4, -0.2) is 81.7 Å². The predicted octanol–water partition coefficient (Wildman–Crippen LogP) is 12.5. The highest BCUT2D eigenvalue weighted by molar-refractivity contribution is 14.1. The summed E-state index contributed by atoms with van der Waals surface area (Å²) >= 11 is 15.8. The van der Waals surface area contributed by atoms with Crippen molar-refractivity contribution in [3.8, 4) is 28.3 Å². The summed E-state index contributed by atoms with van der Waals surface area (Å²) in [7, 11) is 0. The number of Topliss-reactive ketones (excluding diaryl/α,β-unsaturated/α-hetero) is 3. The van der Waals surface area contributed by atoms with Crippen LogP contribution in [0.3, 0.4) is 0 Å². The molecule has 11 nitrogen and oxygen atoms in total. The molecule has 0 aliphatic carbocycles. The topological polar surface area (TPSA) is 133 Å². The van der Waals surface area contributed by atoms with E-state index in [4.69, 9.17) is 4.98 Å². The minimum Gasteiger partial charge on any atom is -0.506 e. The minimum atomic E-state index is 0.161. The maximum absolute atomic E-state index is 11.4. The Kier molecular flexibility index (Phi) is 19.3. The lowest BCUT2D eigenvalue weighted by atomic mass is 10.1. The molecule has 6 aromatic rings. The molecule has 344 valence electrons. The summed E-state index contributed by atoms with van der Waals surface area (Å²) in [5.74, 6) is 3.90. The standard InChI is InChI=1S/C17H17BrN2O.C16H15BrN2O2.C11H13BrN2O.C6H5BrIN/c1-12-2-7-16(20-10-8-15(21)9-11-20)19-17(12)13-3-5-14(18)6-4-13;17-12-3-1-11(2-4-12)16-14(21)5-6-15(18-16)19-9-7-13(20)8-10-19;1-8-2-3-10(13-11(8)12)14-6-4-9(15)5-7-14;1-4-2-3-5(8)9-6(4)7/h2-7H,8-11H2,1H3;1-6,21H,7-10H2;2-3H,4-7H2,1H3;2-3H,1H3. The number of carbonyl (C=O) groups is 3. The van der Waals surface area contributed by atoms with Crippen LogP contribution in [0, 0.1) is 24.5 Å². The Hall–Kier alpha value is -4.10. The SMILES string of the molecule is Cc1ccc(I)nc1Br.Cc1ccc(N2CCC(=O)CC2)nc1-c1ccc(Br)cc1.Cc1ccc(N2CCC(=O)CC2)nc1Br.O=C1CCN(c2ccc(O)c(-c3ccc(Br)cc3)n2)CC1. The van der Waals surface area contributed by atoms with Crippen molar-refractivity contribution < 1.29 is 19.5 Å². The molecule has 0 saturated carbocycles. The van der Waals surface area contributed by atoms with Gasteiger partial charge in [-0.2, -0.15) is 0 Å². The summed E-state index contributed by atoms with van der Waals surface area (Å²) in [5, 5.41) is 10.1. The number of ketones is 3. The first-order valence-electron chi connectivity index (χ1n) is 21.5. The summed E-state index contributed by atoms with van der Waals surface area (Å²) in [6.45, 7) is 10.6. The molecule has 9 rings (SSSR count). The van der Waals surface area contributed by atoms with E-state index in [9.17, 15) is 19.5 Å². The third-order valence-electron chi connectivity index (χ3n) is 11.1. The second-order valence-corrected chi connectivity index (χ2v) is 20.4. The van der Waals surface area contributed by atoms with Crippen LogP contribution in [0.25, 0.3) is 22.5 Å². The van der Waals surface area contributed by atoms with Crippen molar-refractivity contribution in [2.45, 2.75) is 59.3 Å². The number of hydrogen-bond acceptors (Lipinski definition) is 11. The van der Waals surface area contributed by atoms with Gasteiger partial charge in [0.15, 0.2) is 0 Å². The zero-order valence-corrected chi connectivity index (χ0v) is 45.4. The molecule has 7 heterocycles. The van der Waals surface area contributed by atoms with Gasteiger partial charge in [-0.15, -0.1) is 0 Å². The van der Waals surface area contributed by atoms with Crippen molar-refractivity contribution in [2.24, 2.45) is 0 Å². The number of piperidine rings is 3. The number of halogens is 5. The summed E-state index contributed by atoms with van der Waals surface area (Å²) in [6, 6.07) is 31.6. The Morgan fingerprint density at radius 1 is 0.439 bits per heavy atom. The molecule has 3 fully saturated rings. The lowest BCUT2D eigenvalue weighted by Gasteiger charge is -2.27. The monoisotopic (exact) mass is 1250 g/mol. The zero-order valence-electron chi connectivity index (χ0n) is 36.9. The maximum Gasteiger partial charge on any atom is 0.142 e. The van der Waals surface area contributed by atoms with E-state index in [1.54, 1.807) is 12.1 Å². The number of aryl methyl sites for hydroxylation is 3. The van der Waals surface area contributed by atoms with Crippen molar-refractivity contribution >= 4 is 121 Å². The van der Waals surface area contributed by atoms with E-state index in [-0.39, 0.29) is 5.75 Å². The Balaban J connectivity index is 0.000000152. The van der Waals surface area contributed by atoms with Gasteiger partial charge in [-0.1, -0.05) is 74.3 Å². The van der Waals surface area contributed by atoms with Crippen LogP contribution in [0.1, 0.15) is 55.2 Å². The van der Waals surface area contributed by atoms with Gasteiger partial charge in [-0.25, -0.2) is 19.9 Å². The number of aromatic nitrogens is 4. The Labute approximate surface area is 433 Å². The van der Waals surface area contributed by atoms with Crippen LogP contribution in [0.4, 0.5) is 17.5 Å². The Morgan fingerprint density at radius 3 is 1.20 bits per heavy atom. The summed E-state index contributed by atoms with van der Waals surface area (Å²) in [6.07, 6.45) is 3.68. The first-order valence-corrected chi connectivity index (χ1v) is 25.8. The van der Waals surface area contributed by atoms with Crippen molar-refractivity contribution in [3.05, 3.63) is 136 Å². The molecule has 2 aromatic carbocycles. The predicted molar refractivity (Wildman–Crippen MR) is 287 cm³/mol. The molecule has 0 amide bonds. The quantitative estimate of drug-likeness (QED) is 0.131. The normalized spacial score (nSPS) is 14.9. The van der Waals surface area contributed by atoms with Crippen LogP contribution >= 0.6 is 86.3 Å². The van der Waals surface area contributed by atoms with E-state index < -0.39 is 0 Å². The van der Waals surface area contributed by atoms with Crippen molar-refractivity contribution in [1.29, 1.82) is 0 Å². The highest BCUT2D eigenvalue weighted by atomic mass is 127. The Bertz CT molecular complexity index is 2510. The van der Waals surface area contributed by atoms with Crippen LogP contribution in [-0.2, 0) is 14.4 Å². The molecule has 0 atom stereocenters. The molecule has 0 radical (unpaired) electrons. The smallest absolute Gasteiger partial charge is 0.142 e. The fourth-order valence-corrected chi connectivity index (χ4v) is 9.06. The molecule has 3 saturated heterocycles. The summed E-state index contributed by atoms with van der Waals surface area (Å²) < 4.78 is 4.89. The molecule has 3 aliphatic heterocycles. The first-order chi connectivity index (χ1) is 31.6. The number of nitrogens with zero attached hydrogens (tertiary/aromatic N) is 7. The van der Waals surface area contributed by atoms with Crippen molar-refractivity contribution in [1.82, 2.24) is 19.9 Å². The Morgan fingerprint density at radius 2 is 0.788 bits per heavy atom. The van der Waals surface area contributed by atoms with Crippen molar-refractivity contribution in [3.63, 3.8) is 0 Å². The van der Waals surface area contributed by atoms with Gasteiger partial charge in [0.05, 0.1) is 5.69 Å². The second kappa shape index (κ2) is 24.8. The van der Waals surface area contributed by atoms with Crippen LogP contribution in [0.5, 0.6) is 5.75 Å². The molecule has 0 unspecified atom stereocenters. The average Bonchev–Trinajstić information content (AvgIpc) is 3.31. The first kappa shape index (κ1) is 51.3. The third kappa shape index (κ3) is 14.9. The van der Waals surface area contributed by atoms with Crippen LogP contribution in [0.15, 0.2) is 115 Å². The second-order valence-electron chi connectivity index (χ2n) is 16.0. The number of benzene rings is 2. The van der Waals surface area contributed by atoms with E-state index in [1.807, 2.05) is 80.6 Å². The zero-order chi connectivity index (χ0) is 47.3. The van der Waals surface area contributed by atoms with Gasteiger partial charge < -0.3 is 19.8 Å². The van der Waals surface area contributed by atoms with Crippen molar-refractivity contribution in [2.75, 3.05) is 54.0 Å². The summed E-state index contributed by atoms with van der Waals surface area (Å²) in [5.41, 5.74) is 7.03. The molecule has 0 bridgehead atoms. The van der Waals surface area contributed by atoms with Gasteiger partial charge in [-0.05, 0) is 147 Å². The summed E-state index contributed by atoms with van der Waals surface area (Å²) in [4.78, 5) is 58.3. The van der Waals surface area contributed by atoms with Gasteiger partial charge in [-0.3, -0.25) is 14.4 Å². The molecular weight excluding hydrogens is 1210 g/mol. The van der Waals surface area contributed by atoms with Gasteiger partial charge in [0.1, 0.15) is 59.2 Å². The average molecular weight is 1260 g/mol. The van der Waals surface area contributed by atoms with Gasteiger partial charge in [0.25, 0.3) is 0 Å². The number of aromatic hydroxyl groups is 1. The lowest BCUT2D eigenvalue weighted by Crippen LogP contribution is -2.34. The minimum absolute atomic E-state index is 0.161. The van der Waals surface area contributed by atoms with Crippen LogP contribution < -0.4 is 14.7 Å². The number of pyridine rings is 4. The third-order valence-corrected chi connectivity index (χ3v) is 14.4. The molecule has 1 N–H and O–H groups in total. The van der Waals surface area contributed by atoms with Gasteiger partial charge >= 0.3 is 0 Å². The van der Waals surface area contributed by atoms with E-state index >= 15 is 0 Å². The molecule has 16 heteroatoms. The lowest BCUT2D eigenvalue weighted by molar-refractivity contribution is -0.120. The highest BCUT2D eigenvalue weighted by Crippen LogP contribution is 2.32. The fraction of sp³-hybridized carbons (Fsp3) is 0.300. The molecule has 3 aliphatic rings. The van der Waals surface area contributed by atoms with Gasteiger partial charge in [0.2, 0.25) is 0 Å². The fourth-order valence-electron chi connectivity index (χ4n) is 7.14. The maximum atomic E-state index is 11.4. The number of carbonyl (C=O) groups excluding carboxylic acids is 3. The molecular formula is C50H50Br4IN7O4. The van der Waals surface area contributed by atoms with E-state index in [0.29, 0.717) is 74.7 Å². The molecule has 66 heavy (non-hydrogen) atoms. The van der Waals surface area contributed by atoms with E-state index in [0.717, 1.165) is 93.4 Å². The molecule has 4 aromatic heterocycles. The molecule has 0 spiro atoms. The number of hydrogen-bond donors (Lipinski definition) is 1.